The molecule has 4 saturated carbocycles. The van der Waals surface area contributed by atoms with Gasteiger partial charge in [0.05, 0.1) is 16.6 Å². The molecular formula is C28H27F2N3O2. The van der Waals surface area contributed by atoms with Crippen LogP contribution in [-0.4, -0.2) is 28.4 Å². The SMILES string of the molecule is O=C(CC12CC3CC(CC(C3)C1)C2)c1cn(-c2ccc(F)cc2F)c2nc(N3CC3)ccc2c1=O. The van der Waals surface area contributed by atoms with Gasteiger partial charge in [0.1, 0.15) is 17.5 Å². The Balaban J connectivity index is 1.35. The number of benzene rings is 1. The highest BCUT2D eigenvalue weighted by molar-refractivity contribution is 5.99. The van der Waals surface area contributed by atoms with Crippen molar-refractivity contribution < 1.29 is 13.6 Å². The van der Waals surface area contributed by atoms with Crippen LogP contribution in [0.3, 0.4) is 0 Å². The molecule has 0 unspecified atom stereocenters. The first-order valence-corrected chi connectivity index (χ1v) is 12.7. The number of carbonyl (C=O) groups excluding carboxylic acids is 1. The van der Waals surface area contributed by atoms with Crippen molar-refractivity contribution in [2.45, 2.75) is 44.9 Å². The number of ketones is 1. The van der Waals surface area contributed by atoms with Gasteiger partial charge in [-0.15, -0.1) is 0 Å². The fourth-order valence-electron chi connectivity index (χ4n) is 7.65. The second-order valence-electron chi connectivity index (χ2n) is 11.4. The second kappa shape index (κ2) is 7.45. The minimum Gasteiger partial charge on any atom is -0.353 e. The van der Waals surface area contributed by atoms with Crippen LogP contribution in [0.2, 0.25) is 0 Å². The maximum Gasteiger partial charge on any atom is 0.201 e. The lowest BCUT2D eigenvalue weighted by atomic mass is 9.48. The summed E-state index contributed by atoms with van der Waals surface area (Å²) in [6.45, 7) is 1.74. The topological polar surface area (TPSA) is 55.0 Å². The minimum atomic E-state index is -0.770. The number of carbonyl (C=O) groups is 1. The first kappa shape index (κ1) is 21.2. The molecule has 4 aliphatic carbocycles. The van der Waals surface area contributed by atoms with E-state index in [2.05, 4.69) is 4.98 Å². The largest absolute Gasteiger partial charge is 0.353 e. The number of hydrogen-bond acceptors (Lipinski definition) is 4. The number of anilines is 1. The van der Waals surface area contributed by atoms with Crippen molar-refractivity contribution >= 4 is 22.6 Å². The summed E-state index contributed by atoms with van der Waals surface area (Å²) in [4.78, 5) is 33.9. The molecule has 5 aliphatic rings. The predicted molar refractivity (Wildman–Crippen MR) is 129 cm³/mol. The Kier molecular flexibility index (Phi) is 4.52. The number of rotatable bonds is 5. The summed E-state index contributed by atoms with van der Waals surface area (Å²) >= 11 is 0. The van der Waals surface area contributed by atoms with Crippen molar-refractivity contribution in [1.82, 2.24) is 9.55 Å². The Morgan fingerprint density at radius 1 is 1.00 bits per heavy atom. The van der Waals surface area contributed by atoms with E-state index < -0.39 is 11.6 Å². The van der Waals surface area contributed by atoms with Crippen LogP contribution in [0.4, 0.5) is 14.6 Å². The lowest BCUT2D eigenvalue weighted by molar-refractivity contribution is -0.0524. The normalized spacial score (nSPS) is 28.6. The summed E-state index contributed by atoms with van der Waals surface area (Å²) in [6.07, 6.45) is 8.85. The maximum atomic E-state index is 14.9. The van der Waals surface area contributed by atoms with E-state index in [0.717, 1.165) is 38.4 Å². The summed E-state index contributed by atoms with van der Waals surface area (Å²) in [5.41, 5.74) is 0.0316. The molecule has 180 valence electrons. The maximum absolute atomic E-state index is 14.9. The van der Waals surface area contributed by atoms with Crippen molar-refractivity contribution in [2.24, 2.45) is 23.2 Å². The van der Waals surface area contributed by atoms with Crippen molar-refractivity contribution in [1.29, 1.82) is 0 Å². The van der Waals surface area contributed by atoms with Gasteiger partial charge in [-0.3, -0.25) is 14.2 Å². The third-order valence-electron chi connectivity index (χ3n) is 8.78. The van der Waals surface area contributed by atoms with E-state index in [0.29, 0.717) is 30.0 Å². The fraction of sp³-hybridized carbons (Fsp3) is 0.464. The molecule has 0 spiro atoms. The minimum absolute atomic E-state index is 0.0133. The zero-order valence-electron chi connectivity index (χ0n) is 19.5. The Labute approximate surface area is 201 Å². The molecule has 0 radical (unpaired) electrons. The van der Waals surface area contributed by atoms with Crippen LogP contribution in [0.15, 0.2) is 41.3 Å². The van der Waals surface area contributed by atoms with Gasteiger partial charge in [-0.25, -0.2) is 13.8 Å². The van der Waals surface area contributed by atoms with Gasteiger partial charge in [-0.2, -0.15) is 0 Å². The van der Waals surface area contributed by atoms with Crippen molar-refractivity contribution in [3.63, 3.8) is 0 Å². The van der Waals surface area contributed by atoms with E-state index in [1.165, 1.54) is 42.2 Å². The number of pyridine rings is 2. The Hall–Kier alpha value is -3.09. The van der Waals surface area contributed by atoms with Crippen LogP contribution in [0, 0.1) is 34.8 Å². The number of aromatic nitrogens is 2. The molecule has 0 N–H and O–H groups in total. The molecule has 4 bridgehead atoms. The molecule has 3 aromatic rings. The average Bonchev–Trinajstić information content (AvgIpc) is 3.64. The quantitative estimate of drug-likeness (QED) is 0.373. The van der Waals surface area contributed by atoms with Crippen LogP contribution in [-0.2, 0) is 0 Å². The molecule has 7 heteroatoms. The predicted octanol–water partition coefficient (Wildman–Crippen LogP) is 5.27. The highest BCUT2D eigenvalue weighted by Gasteiger charge is 2.51. The molecular weight excluding hydrogens is 448 g/mol. The Morgan fingerprint density at radius 3 is 2.31 bits per heavy atom. The third-order valence-corrected chi connectivity index (χ3v) is 8.78. The lowest BCUT2D eigenvalue weighted by Gasteiger charge is -2.56. The van der Waals surface area contributed by atoms with E-state index in [1.807, 2.05) is 4.90 Å². The zero-order valence-corrected chi connectivity index (χ0v) is 19.5. The van der Waals surface area contributed by atoms with Gasteiger partial charge in [0.2, 0.25) is 5.43 Å². The van der Waals surface area contributed by atoms with E-state index in [1.54, 1.807) is 12.1 Å². The second-order valence-corrected chi connectivity index (χ2v) is 11.4. The summed E-state index contributed by atoms with van der Waals surface area (Å²) < 4.78 is 30.0. The summed E-state index contributed by atoms with van der Waals surface area (Å²) in [5.74, 6) is 1.17. The Morgan fingerprint density at radius 2 is 1.69 bits per heavy atom. The number of halogens is 2. The molecule has 1 saturated heterocycles. The van der Waals surface area contributed by atoms with Crippen molar-refractivity contribution in [2.75, 3.05) is 18.0 Å². The summed E-state index contributed by atoms with van der Waals surface area (Å²) in [6, 6.07) is 6.76. The smallest absolute Gasteiger partial charge is 0.201 e. The van der Waals surface area contributed by atoms with Crippen LogP contribution in [0.1, 0.15) is 55.3 Å². The van der Waals surface area contributed by atoms with Crippen LogP contribution < -0.4 is 10.3 Å². The highest BCUT2D eigenvalue weighted by atomic mass is 19.1. The van der Waals surface area contributed by atoms with E-state index >= 15 is 0 Å². The zero-order chi connectivity index (χ0) is 23.9. The molecule has 0 atom stereocenters. The van der Waals surface area contributed by atoms with Crippen LogP contribution >= 0.6 is 0 Å². The van der Waals surface area contributed by atoms with Gasteiger partial charge in [0.25, 0.3) is 0 Å². The molecule has 1 aliphatic heterocycles. The molecule has 8 rings (SSSR count). The molecule has 3 heterocycles. The summed E-state index contributed by atoms with van der Waals surface area (Å²) in [7, 11) is 0. The Bertz CT molecular complexity index is 1410. The van der Waals surface area contributed by atoms with E-state index in [-0.39, 0.29) is 38.9 Å². The number of Topliss-reactive ketones (excluding diaryl/α,β-unsaturated/α-hetero) is 1. The van der Waals surface area contributed by atoms with Gasteiger partial charge in [0, 0.05) is 31.8 Å². The number of hydrogen-bond donors (Lipinski definition) is 0. The van der Waals surface area contributed by atoms with Gasteiger partial charge in [-0.1, -0.05) is 0 Å². The molecule has 2 aromatic heterocycles. The highest BCUT2D eigenvalue weighted by Crippen LogP contribution is 2.61. The van der Waals surface area contributed by atoms with Gasteiger partial charge in [-0.05, 0) is 86.0 Å². The van der Waals surface area contributed by atoms with E-state index in [4.69, 9.17) is 0 Å². The molecule has 0 amide bonds. The molecule has 1 aromatic carbocycles. The van der Waals surface area contributed by atoms with Gasteiger partial charge in [0.15, 0.2) is 11.4 Å². The number of fused-ring (bicyclic) bond motifs is 1. The van der Waals surface area contributed by atoms with E-state index in [9.17, 15) is 18.4 Å². The summed E-state index contributed by atoms with van der Waals surface area (Å²) in [5, 5.41) is 0.274. The lowest BCUT2D eigenvalue weighted by Crippen LogP contribution is -2.47. The molecule has 5 nitrogen and oxygen atoms in total. The van der Waals surface area contributed by atoms with Gasteiger partial charge < -0.3 is 4.90 Å². The average molecular weight is 476 g/mol. The molecule has 5 fully saturated rings. The monoisotopic (exact) mass is 475 g/mol. The first-order valence-electron chi connectivity index (χ1n) is 12.7. The number of nitrogens with zero attached hydrogens (tertiary/aromatic N) is 3. The van der Waals surface area contributed by atoms with Gasteiger partial charge >= 0.3 is 0 Å². The first-order chi connectivity index (χ1) is 16.9. The van der Waals surface area contributed by atoms with Crippen LogP contribution in [0.5, 0.6) is 0 Å². The molecule has 35 heavy (non-hydrogen) atoms. The van der Waals surface area contributed by atoms with Crippen molar-refractivity contribution in [3.8, 4) is 5.69 Å². The fourth-order valence-corrected chi connectivity index (χ4v) is 7.65. The standard InChI is InChI=1S/C28H27F2N3O2/c29-19-1-3-23(22(30)10-19)33-15-21(26(35)20-2-4-25(31-27(20)33)32-5-6-32)24(34)14-28-11-16-7-17(12-28)9-18(8-16)13-28/h1-4,10,15-18H,5-9,11-14H2. The van der Waals surface area contributed by atoms with Crippen molar-refractivity contribution in [3.05, 3.63) is 63.9 Å². The van der Waals surface area contributed by atoms with Crippen LogP contribution in [0.25, 0.3) is 16.7 Å². The third kappa shape index (κ3) is 3.50.